The van der Waals surface area contributed by atoms with E-state index in [0.29, 0.717) is 5.41 Å². The van der Waals surface area contributed by atoms with Gasteiger partial charge in [0.15, 0.2) is 5.65 Å². The second kappa shape index (κ2) is 7.73. The van der Waals surface area contributed by atoms with Crippen LogP contribution < -0.4 is 10.2 Å². The molecule has 7 heteroatoms. The van der Waals surface area contributed by atoms with E-state index in [1.54, 1.807) is 11.3 Å². The van der Waals surface area contributed by atoms with Gasteiger partial charge in [-0.15, -0.1) is 5.10 Å². The number of hydrogen-bond acceptors (Lipinski definition) is 6. The predicted molar refractivity (Wildman–Crippen MR) is 126 cm³/mol. The Morgan fingerprint density at radius 3 is 2.58 bits per heavy atom. The van der Waals surface area contributed by atoms with Crippen molar-refractivity contribution in [3.63, 3.8) is 0 Å². The van der Waals surface area contributed by atoms with Crippen molar-refractivity contribution in [3.8, 4) is 22.5 Å². The van der Waals surface area contributed by atoms with Crippen LogP contribution in [0.2, 0.25) is 0 Å². The van der Waals surface area contributed by atoms with Crippen LogP contribution in [0.25, 0.3) is 28.2 Å². The smallest absolute Gasteiger partial charge is 0.155 e. The highest BCUT2D eigenvalue weighted by molar-refractivity contribution is 7.08. The first-order valence-electron chi connectivity index (χ1n) is 11.1. The highest BCUT2D eigenvalue weighted by Crippen LogP contribution is 2.39. The Morgan fingerprint density at radius 1 is 0.968 bits per heavy atom. The third kappa shape index (κ3) is 3.42. The predicted octanol–water partition coefficient (Wildman–Crippen LogP) is 4.49. The molecule has 158 valence electrons. The van der Waals surface area contributed by atoms with Crippen molar-refractivity contribution in [2.24, 2.45) is 5.41 Å². The van der Waals surface area contributed by atoms with E-state index in [0.717, 1.165) is 47.1 Å². The molecule has 2 aliphatic heterocycles. The quantitative estimate of drug-likeness (QED) is 0.519. The number of anilines is 1. The van der Waals surface area contributed by atoms with Gasteiger partial charge in [0, 0.05) is 48.5 Å². The zero-order valence-electron chi connectivity index (χ0n) is 17.5. The van der Waals surface area contributed by atoms with Crippen molar-refractivity contribution in [2.45, 2.75) is 25.7 Å². The molecule has 6 heterocycles. The molecule has 4 aromatic rings. The lowest BCUT2D eigenvalue weighted by atomic mass is 9.73. The average Bonchev–Trinajstić information content (AvgIpc) is 3.48. The minimum atomic E-state index is 0.488. The summed E-state index contributed by atoms with van der Waals surface area (Å²) in [7, 11) is 0. The Morgan fingerprint density at radius 2 is 1.84 bits per heavy atom. The van der Waals surface area contributed by atoms with E-state index in [2.05, 4.69) is 44.2 Å². The van der Waals surface area contributed by atoms with Crippen LogP contribution in [0.1, 0.15) is 25.7 Å². The summed E-state index contributed by atoms with van der Waals surface area (Å²) >= 11 is 1.69. The van der Waals surface area contributed by atoms with Crippen LogP contribution in [0.4, 0.5) is 5.82 Å². The number of imidazole rings is 1. The lowest BCUT2D eigenvalue weighted by Gasteiger charge is -2.44. The Labute approximate surface area is 186 Å². The van der Waals surface area contributed by atoms with E-state index >= 15 is 0 Å². The largest absolute Gasteiger partial charge is 0.355 e. The summed E-state index contributed by atoms with van der Waals surface area (Å²) in [4.78, 5) is 11.6. The van der Waals surface area contributed by atoms with Crippen molar-refractivity contribution < 1.29 is 0 Å². The molecule has 4 aromatic heterocycles. The molecule has 0 radical (unpaired) electrons. The van der Waals surface area contributed by atoms with Gasteiger partial charge in [-0.1, -0.05) is 0 Å². The molecule has 1 N–H and O–H groups in total. The molecule has 0 bridgehead atoms. The lowest BCUT2D eigenvalue weighted by molar-refractivity contribution is 0.161. The minimum absolute atomic E-state index is 0.488. The van der Waals surface area contributed by atoms with E-state index in [1.807, 2.05) is 29.0 Å². The van der Waals surface area contributed by atoms with Crippen molar-refractivity contribution in [3.05, 3.63) is 53.5 Å². The molecule has 1 spiro atoms. The standard InChI is InChI=1S/C24H26N6S/c1-7-24(17-26-10-1)8-13-29(14-9-24)21-3-2-20-27-22(19-6-15-31-16-19)23(30(20)28-21)18-4-11-25-12-5-18/h2-6,11-12,15-16,26H,1,7-10,13-14,17H2. The Balaban J connectivity index is 1.39. The molecule has 2 aliphatic rings. The first-order chi connectivity index (χ1) is 15.3. The van der Waals surface area contributed by atoms with E-state index in [-0.39, 0.29) is 0 Å². The van der Waals surface area contributed by atoms with Crippen LogP contribution in [-0.2, 0) is 0 Å². The minimum Gasteiger partial charge on any atom is -0.355 e. The number of pyridine rings is 1. The van der Waals surface area contributed by atoms with Crippen LogP contribution >= 0.6 is 11.3 Å². The first-order valence-corrected chi connectivity index (χ1v) is 12.0. The monoisotopic (exact) mass is 430 g/mol. The van der Waals surface area contributed by atoms with Gasteiger partial charge >= 0.3 is 0 Å². The van der Waals surface area contributed by atoms with Gasteiger partial charge in [-0.25, -0.2) is 9.50 Å². The molecule has 2 saturated heterocycles. The fourth-order valence-corrected chi connectivity index (χ4v) is 5.77. The molecule has 2 fully saturated rings. The van der Waals surface area contributed by atoms with Gasteiger partial charge < -0.3 is 10.2 Å². The molecule has 0 unspecified atom stereocenters. The molecule has 0 aromatic carbocycles. The Bertz CT molecular complexity index is 1170. The zero-order valence-corrected chi connectivity index (χ0v) is 18.3. The normalized spacial score (nSPS) is 18.6. The molecule has 0 amide bonds. The van der Waals surface area contributed by atoms with Crippen molar-refractivity contribution in [1.29, 1.82) is 0 Å². The van der Waals surface area contributed by atoms with E-state index in [9.17, 15) is 0 Å². The summed E-state index contributed by atoms with van der Waals surface area (Å²) in [6.45, 7) is 4.48. The van der Waals surface area contributed by atoms with E-state index in [4.69, 9.17) is 10.1 Å². The van der Waals surface area contributed by atoms with E-state index < -0.39 is 0 Å². The third-order valence-corrected chi connectivity index (χ3v) is 7.60. The van der Waals surface area contributed by atoms with Crippen molar-refractivity contribution in [2.75, 3.05) is 31.1 Å². The number of aromatic nitrogens is 4. The molecule has 0 saturated carbocycles. The van der Waals surface area contributed by atoms with Gasteiger partial charge in [-0.2, -0.15) is 11.3 Å². The van der Waals surface area contributed by atoms with Crippen LogP contribution in [0.5, 0.6) is 0 Å². The molecule has 31 heavy (non-hydrogen) atoms. The van der Waals surface area contributed by atoms with Gasteiger partial charge in [0.2, 0.25) is 0 Å². The SMILES string of the molecule is c1cc(-c2c(-c3ccsc3)nc3ccc(N4CCC5(CCCNC5)CC4)nn23)ccn1. The lowest BCUT2D eigenvalue weighted by Crippen LogP contribution is -2.48. The summed E-state index contributed by atoms with van der Waals surface area (Å²) in [5, 5.41) is 12.9. The second-order valence-corrected chi connectivity index (χ2v) is 9.57. The topological polar surface area (TPSA) is 58.4 Å². The summed E-state index contributed by atoms with van der Waals surface area (Å²) in [5.41, 5.74) is 5.59. The van der Waals surface area contributed by atoms with Gasteiger partial charge in [-0.3, -0.25) is 4.98 Å². The number of fused-ring (bicyclic) bond motifs is 1. The van der Waals surface area contributed by atoms with Crippen LogP contribution in [-0.4, -0.2) is 45.8 Å². The van der Waals surface area contributed by atoms with E-state index in [1.165, 1.54) is 38.8 Å². The van der Waals surface area contributed by atoms with Crippen molar-refractivity contribution in [1.82, 2.24) is 24.9 Å². The van der Waals surface area contributed by atoms with Crippen molar-refractivity contribution >= 4 is 22.8 Å². The maximum atomic E-state index is 5.09. The Kier molecular flexibility index (Phi) is 4.73. The number of nitrogens with one attached hydrogen (secondary N) is 1. The number of nitrogens with zero attached hydrogens (tertiary/aromatic N) is 5. The average molecular weight is 431 g/mol. The molecular formula is C24H26N6S. The van der Waals surface area contributed by atoms with Crippen LogP contribution in [0, 0.1) is 5.41 Å². The maximum absolute atomic E-state index is 5.09. The Hall–Kier alpha value is -2.77. The molecular weight excluding hydrogens is 404 g/mol. The fourth-order valence-electron chi connectivity index (χ4n) is 5.13. The number of rotatable bonds is 3. The number of piperidine rings is 2. The molecule has 6 nitrogen and oxygen atoms in total. The van der Waals surface area contributed by atoms with Crippen LogP contribution in [0.3, 0.4) is 0 Å². The summed E-state index contributed by atoms with van der Waals surface area (Å²) in [5.74, 6) is 1.04. The summed E-state index contributed by atoms with van der Waals surface area (Å²) < 4.78 is 2.02. The fraction of sp³-hybridized carbons (Fsp3) is 0.375. The molecule has 6 rings (SSSR count). The van der Waals surface area contributed by atoms with Crippen LogP contribution in [0.15, 0.2) is 53.5 Å². The number of thiophene rings is 1. The second-order valence-electron chi connectivity index (χ2n) is 8.79. The first kappa shape index (κ1) is 19.0. The van der Waals surface area contributed by atoms with Gasteiger partial charge in [0.05, 0.1) is 5.69 Å². The molecule has 0 aliphatic carbocycles. The summed E-state index contributed by atoms with van der Waals surface area (Å²) in [6, 6.07) is 10.4. The van der Waals surface area contributed by atoms with Gasteiger partial charge in [0.25, 0.3) is 0 Å². The highest BCUT2D eigenvalue weighted by atomic mass is 32.1. The zero-order chi connectivity index (χ0) is 20.7. The maximum Gasteiger partial charge on any atom is 0.155 e. The highest BCUT2D eigenvalue weighted by Gasteiger charge is 2.36. The third-order valence-electron chi connectivity index (χ3n) is 6.92. The molecule has 0 atom stereocenters. The van der Waals surface area contributed by atoms with Gasteiger partial charge in [0.1, 0.15) is 11.5 Å². The van der Waals surface area contributed by atoms with Gasteiger partial charge in [-0.05, 0) is 73.4 Å². The number of hydrogen-bond donors (Lipinski definition) is 1. The summed E-state index contributed by atoms with van der Waals surface area (Å²) in [6.07, 6.45) is 8.80.